The lowest BCUT2D eigenvalue weighted by molar-refractivity contribution is 0.0946. The van der Waals surface area contributed by atoms with E-state index >= 15 is 0 Å². The van der Waals surface area contributed by atoms with E-state index in [1.165, 1.54) is 5.56 Å². The van der Waals surface area contributed by atoms with Crippen LogP contribution in [-0.4, -0.2) is 53.1 Å². The van der Waals surface area contributed by atoms with Gasteiger partial charge in [-0.25, -0.2) is 0 Å². The highest BCUT2D eigenvalue weighted by atomic mass is 16.5. The molecule has 2 heterocycles. The first-order valence-corrected chi connectivity index (χ1v) is 11.3. The minimum Gasteiger partial charge on any atom is -0.493 e. The monoisotopic (exact) mass is 475 g/mol. The van der Waals surface area contributed by atoms with Crippen LogP contribution in [0.2, 0.25) is 0 Å². The van der Waals surface area contributed by atoms with E-state index in [0.29, 0.717) is 41.0 Å². The van der Waals surface area contributed by atoms with E-state index in [-0.39, 0.29) is 17.9 Å². The van der Waals surface area contributed by atoms with Crippen molar-refractivity contribution in [1.82, 2.24) is 25.1 Å². The van der Waals surface area contributed by atoms with E-state index in [1.54, 1.807) is 36.9 Å². The molecule has 0 aliphatic heterocycles. The first-order valence-electron chi connectivity index (χ1n) is 11.3. The van der Waals surface area contributed by atoms with Crippen LogP contribution in [0.5, 0.6) is 17.4 Å². The SMILES string of the molecule is COc1ccc(-c2nnc3ccc(OCCNC(=O)c4ccc(C(C)(C)C)cc4)nn23)cc1OC. The maximum absolute atomic E-state index is 12.4. The van der Waals surface area contributed by atoms with Crippen molar-refractivity contribution in [3.8, 4) is 28.8 Å². The lowest BCUT2D eigenvalue weighted by atomic mass is 9.87. The number of hydrogen-bond acceptors (Lipinski definition) is 7. The van der Waals surface area contributed by atoms with E-state index in [4.69, 9.17) is 14.2 Å². The third-order valence-corrected chi connectivity index (χ3v) is 5.53. The van der Waals surface area contributed by atoms with Crippen LogP contribution in [0.15, 0.2) is 54.6 Å². The Hall–Kier alpha value is -4.14. The largest absolute Gasteiger partial charge is 0.493 e. The van der Waals surface area contributed by atoms with Gasteiger partial charge in [0.15, 0.2) is 23.0 Å². The summed E-state index contributed by atoms with van der Waals surface area (Å²) < 4.78 is 18.0. The molecule has 0 bridgehead atoms. The fraction of sp³-hybridized carbons (Fsp3) is 0.308. The van der Waals surface area contributed by atoms with Gasteiger partial charge in [0.05, 0.1) is 20.8 Å². The first-order chi connectivity index (χ1) is 16.8. The quantitative estimate of drug-likeness (QED) is 0.386. The van der Waals surface area contributed by atoms with Crippen LogP contribution >= 0.6 is 0 Å². The highest BCUT2D eigenvalue weighted by Crippen LogP contribution is 2.31. The molecule has 9 heteroatoms. The van der Waals surface area contributed by atoms with Crippen molar-refractivity contribution in [1.29, 1.82) is 0 Å². The lowest BCUT2D eigenvalue weighted by Crippen LogP contribution is -2.28. The minimum atomic E-state index is -0.146. The second-order valence-electron chi connectivity index (χ2n) is 8.97. The van der Waals surface area contributed by atoms with Gasteiger partial charge in [-0.3, -0.25) is 4.79 Å². The highest BCUT2D eigenvalue weighted by molar-refractivity contribution is 5.94. The smallest absolute Gasteiger partial charge is 0.251 e. The number of methoxy groups -OCH3 is 2. The van der Waals surface area contributed by atoms with Gasteiger partial charge in [0.25, 0.3) is 5.91 Å². The van der Waals surface area contributed by atoms with Gasteiger partial charge in [-0.1, -0.05) is 32.9 Å². The summed E-state index contributed by atoms with van der Waals surface area (Å²) in [4.78, 5) is 12.4. The molecule has 0 radical (unpaired) electrons. The number of benzene rings is 2. The molecule has 0 unspecified atom stereocenters. The Labute approximate surface area is 204 Å². The van der Waals surface area contributed by atoms with Crippen molar-refractivity contribution in [2.75, 3.05) is 27.4 Å². The molecule has 2 aromatic heterocycles. The predicted octanol–water partition coefficient (Wildman–Crippen LogP) is 3.91. The summed E-state index contributed by atoms with van der Waals surface area (Å²) in [6.45, 7) is 7.02. The van der Waals surface area contributed by atoms with Crippen LogP contribution < -0.4 is 19.5 Å². The molecule has 182 valence electrons. The van der Waals surface area contributed by atoms with Crippen molar-refractivity contribution in [3.63, 3.8) is 0 Å². The Morgan fingerprint density at radius 3 is 2.37 bits per heavy atom. The first kappa shape index (κ1) is 24.0. The standard InChI is InChI=1S/C26H29N5O4/c1-26(2,3)19-9-6-17(7-10-19)25(32)27-14-15-35-23-13-12-22-28-29-24(31(22)30-23)18-8-11-20(33-4)21(16-18)34-5/h6-13,16H,14-15H2,1-5H3,(H,27,32). The molecule has 35 heavy (non-hydrogen) atoms. The van der Waals surface area contributed by atoms with E-state index in [9.17, 15) is 4.79 Å². The van der Waals surface area contributed by atoms with Gasteiger partial charge in [-0.15, -0.1) is 15.3 Å². The summed E-state index contributed by atoms with van der Waals surface area (Å²) in [5.74, 6) is 1.99. The zero-order chi connectivity index (χ0) is 25.0. The predicted molar refractivity (Wildman–Crippen MR) is 132 cm³/mol. The normalized spacial score (nSPS) is 11.3. The van der Waals surface area contributed by atoms with Gasteiger partial charge in [0.2, 0.25) is 5.88 Å². The molecular weight excluding hydrogens is 446 g/mol. The minimum absolute atomic E-state index is 0.0427. The van der Waals surface area contributed by atoms with Crippen molar-refractivity contribution >= 4 is 11.6 Å². The van der Waals surface area contributed by atoms with Crippen molar-refractivity contribution < 1.29 is 19.0 Å². The second kappa shape index (κ2) is 10.0. The molecule has 0 atom stereocenters. The number of hydrogen-bond donors (Lipinski definition) is 1. The average Bonchev–Trinajstić information content (AvgIpc) is 3.29. The van der Waals surface area contributed by atoms with Gasteiger partial charge in [-0.05, 0) is 47.4 Å². The Morgan fingerprint density at radius 1 is 0.943 bits per heavy atom. The summed E-state index contributed by atoms with van der Waals surface area (Å²) in [6, 6.07) is 16.6. The van der Waals surface area contributed by atoms with Crippen molar-refractivity contribution in [2.45, 2.75) is 26.2 Å². The van der Waals surface area contributed by atoms with Crippen molar-refractivity contribution in [2.24, 2.45) is 0 Å². The molecule has 4 aromatic rings. The highest BCUT2D eigenvalue weighted by Gasteiger charge is 2.15. The second-order valence-corrected chi connectivity index (χ2v) is 8.97. The zero-order valence-corrected chi connectivity index (χ0v) is 20.5. The number of amides is 1. The Morgan fingerprint density at radius 2 is 1.69 bits per heavy atom. The van der Waals surface area contributed by atoms with Gasteiger partial charge in [-0.2, -0.15) is 4.52 Å². The van der Waals surface area contributed by atoms with Crippen LogP contribution in [0, 0.1) is 0 Å². The van der Waals surface area contributed by atoms with Crippen LogP contribution in [0.3, 0.4) is 0 Å². The summed E-state index contributed by atoms with van der Waals surface area (Å²) >= 11 is 0. The molecule has 0 saturated heterocycles. The van der Waals surface area contributed by atoms with Crippen LogP contribution in [-0.2, 0) is 5.41 Å². The van der Waals surface area contributed by atoms with Crippen LogP contribution in [0.1, 0.15) is 36.7 Å². The molecule has 0 aliphatic carbocycles. The van der Waals surface area contributed by atoms with E-state index < -0.39 is 0 Å². The molecule has 1 N–H and O–H groups in total. The topological polar surface area (TPSA) is 99.9 Å². The fourth-order valence-corrected chi connectivity index (χ4v) is 3.55. The van der Waals surface area contributed by atoms with E-state index in [2.05, 4.69) is 41.4 Å². The molecule has 4 rings (SSSR count). The van der Waals surface area contributed by atoms with E-state index in [1.807, 2.05) is 36.4 Å². The summed E-state index contributed by atoms with van der Waals surface area (Å²) in [7, 11) is 3.16. The summed E-state index contributed by atoms with van der Waals surface area (Å²) in [6.07, 6.45) is 0. The maximum atomic E-state index is 12.4. The third kappa shape index (κ3) is 5.34. The number of rotatable bonds is 8. The number of nitrogens with one attached hydrogen (secondary N) is 1. The zero-order valence-electron chi connectivity index (χ0n) is 20.5. The number of nitrogens with zero attached hydrogens (tertiary/aromatic N) is 4. The average molecular weight is 476 g/mol. The number of ether oxygens (including phenoxy) is 3. The molecular formula is C26H29N5O4. The van der Waals surface area contributed by atoms with Crippen LogP contribution in [0.25, 0.3) is 17.0 Å². The van der Waals surface area contributed by atoms with Gasteiger partial charge in [0.1, 0.15) is 6.61 Å². The third-order valence-electron chi connectivity index (χ3n) is 5.53. The van der Waals surface area contributed by atoms with Crippen LogP contribution in [0.4, 0.5) is 0 Å². The van der Waals surface area contributed by atoms with E-state index in [0.717, 1.165) is 5.56 Å². The number of aromatic nitrogens is 4. The number of carbonyl (C=O) groups excluding carboxylic acids is 1. The molecule has 2 aromatic carbocycles. The molecule has 0 aliphatic rings. The number of carbonyl (C=O) groups is 1. The molecule has 0 saturated carbocycles. The Balaban J connectivity index is 1.39. The molecule has 1 amide bonds. The molecule has 0 spiro atoms. The van der Waals surface area contributed by atoms with Gasteiger partial charge >= 0.3 is 0 Å². The summed E-state index contributed by atoms with van der Waals surface area (Å²) in [5.41, 5.74) is 3.18. The lowest BCUT2D eigenvalue weighted by Gasteiger charge is -2.19. The Kier molecular flexibility index (Phi) is 6.86. The maximum Gasteiger partial charge on any atom is 0.251 e. The fourth-order valence-electron chi connectivity index (χ4n) is 3.55. The van der Waals surface area contributed by atoms with Gasteiger partial charge in [0, 0.05) is 17.2 Å². The summed E-state index contributed by atoms with van der Waals surface area (Å²) in [5, 5.41) is 15.8. The molecule has 0 fully saturated rings. The van der Waals surface area contributed by atoms with Crippen molar-refractivity contribution in [3.05, 3.63) is 65.7 Å². The molecule has 9 nitrogen and oxygen atoms in total. The van der Waals surface area contributed by atoms with Gasteiger partial charge < -0.3 is 19.5 Å². The Bertz CT molecular complexity index is 1330. The number of fused-ring (bicyclic) bond motifs is 1.